The topological polar surface area (TPSA) is 37.8 Å². The van der Waals surface area contributed by atoms with Crippen molar-refractivity contribution < 1.29 is 0 Å². The van der Waals surface area contributed by atoms with Crippen LogP contribution in [0.15, 0.2) is 30.5 Å². The second-order valence-corrected chi connectivity index (χ2v) is 11.0. The van der Waals surface area contributed by atoms with Crippen LogP contribution in [-0.2, 0) is 0 Å². The van der Waals surface area contributed by atoms with E-state index in [9.17, 15) is 0 Å². The van der Waals surface area contributed by atoms with Crippen molar-refractivity contribution in [3.8, 4) is 0 Å². The van der Waals surface area contributed by atoms with Gasteiger partial charge < -0.3 is 5.32 Å². The zero-order valence-corrected chi connectivity index (χ0v) is 13.4. The van der Waals surface area contributed by atoms with Crippen LogP contribution in [0.4, 0.5) is 11.6 Å². The highest BCUT2D eigenvalue weighted by Crippen LogP contribution is 2.16. The lowest BCUT2D eigenvalue weighted by atomic mass is 10.2. The Kier molecular flexibility index (Phi) is 3.92. The number of nitrogens with one attached hydrogen (secondary N) is 1. The van der Waals surface area contributed by atoms with E-state index >= 15 is 0 Å². The minimum absolute atomic E-state index is 0.538. The zero-order valence-electron chi connectivity index (χ0n) is 11.7. The number of anilines is 2. The lowest BCUT2D eigenvalue weighted by molar-refractivity contribution is 1.18. The van der Waals surface area contributed by atoms with Crippen LogP contribution in [0, 0.1) is 6.92 Å². The molecule has 0 unspecified atom stereocenters. The number of benzene rings is 1. The van der Waals surface area contributed by atoms with E-state index in [0.717, 1.165) is 10.9 Å². The van der Waals surface area contributed by atoms with Gasteiger partial charge in [-0.25, -0.2) is 9.97 Å². The summed E-state index contributed by atoms with van der Waals surface area (Å²) in [5.41, 5.74) is 2.18. The smallest absolute Gasteiger partial charge is 0.228 e. The number of rotatable bonds is 3. The summed E-state index contributed by atoms with van der Waals surface area (Å²) >= 11 is 6.25. The van der Waals surface area contributed by atoms with Crippen molar-refractivity contribution in [2.45, 2.75) is 26.6 Å². The van der Waals surface area contributed by atoms with Crippen LogP contribution in [-0.4, -0.2) is 18.0 Å². The highest BCUT2D eigenvalue weighted by Gasteiger charge is 2.21. The van der Waals surface area contributed by atoms with E-state index in [-0.39, 0.29) is 0 Å². The molecule has 0 amide bonds. The largest absolute Gasteiger partial charge is 0.324 e. The van der Waals surface area contributed by atoms with Gasteiger partial charge in [0.05, 0.1) is 8.07 Å². The van der Waals surface area contributed by atoms with Crippen LogP contribution in [0.1, 0.15) is 5.56 Å². The molecule has 0 radical (unpaired) electrons. The third-order valence-corrected chi connectivity index (χ3v) is 5.29. The molecule has 3 nitrogen and oxygen atoms in total. The van der Waals surface area contributed by atoms with Gasteiger partial charge in [0, 0.05) is 11.9 Å². The van der Waals surface area contributed by atoms with E-state index in [4.69, 9.17) is 11.6 Å². The predicted octanol–water partition coefficient (Wildman–Crippen LogP) is 3.73. The monoisotopic (exact) mass is 291 g/mol. The molecule has 0 aliphatic carbocycles. The molecular formula is C14H18ClN3Si. The fraction of sp³-hybridized carbons (Fsp3) is 0.286. The molecule has 5 heteroatoms. The zero-order chi connectivity index (χ0) is 14.0. The van der Waals surface area contributed by atoms with Crippen LogP contribution in [0.3, 0.4) is 0 Å². The van der Waals surface area contributed by atoms with Crippen molar-refractivity contribution in [1.29, 1.82) is 0 Å². The molecule has 0 atom stereocenters. The summed E-state index contributed by atoms with van der Waals surface area (Å²) in [5, 5.41) is 4.81. The summed E-state index contributed by atoms with van der Waals surface area (Å²) in [6.07, 6.45) is 1.85. The summed E-state index contributed by atoms with van der Waals surface area (Å²) < 4.78 is 0. The molecule has 0 spiro atoms. The van der Waals surface area contributed by atoms with Crippen LogP contribution >= 0.6 is 11.6 Å². The first kappa shape index (κ1) is 14.0. The second-order valence-electron chi connectivity index (χ2n) is 5.64. The predicted molar refractivity (Wildman–Crippen MR) is 84.5 cm³/mol. The minimum atomic E-state index is -1.49. The van der Waals surface area contributed by atoms with Crippen molar-refractivity contribution in [3.63, 3.8) is 0 Å². The molecule has 1 heterocycles. The third-order valence-electron chi connectivity index (χ3n) is 2.86. The van der Waals surface area contributed by atoms with Gasteiger partial charge in [0.1, 0.15) is 5.15 Å². The molecule has 2 aromatic rings. The Labute approximate surface area is 120 Å². The molecule has 0 saturated heterocycles. The molecule has 1 aromatic heterocycles. The average Bonchev–Trinajstić information content (AvgIpc) is 2.30. The van der Waals surface area contributed by atoms with Crippen LogP contribution in [0.5, 0.6) is 0 Å². The number of nitrogens with zero attached hydrogens (tertiary/aromatic N) is 2. The average molecular weight is 292 g/mol. The lowest BCUT2D eigenvalue weighted by Gasteiger charge is -2.17. The summed E-state index contributed by atoms with van der Waals surface area (Å²) in [7, 11) is -1.49. The summed E-state index contributed by atoms with van der Waals surface area (Å²) in [5.74, 6) is 0.538. The van der Waals surface area contributed by atoms with Crippen LogP contribution < -0.4 is 10.5 Å². The Morgan fingerprint density at radius 2 is 1.74 bits per heavy atom. The summed E-state index contributed by atoms with van der Waals surface area (Å²) in [6, 6.07) is 8.08. The number of aryl methyl sites for hydroxylation is 1. The normalized spacial score (nSPS) is 11.4. The quantitative estimate of drug-likeness (QED) is 0.692. The molecule has 0 aliphatic rings. The van der Waals surface area contributed by atoms with Gasteiger partial charge >= 0.3 is 0 Å². The third kappa shape index (κ3) is 3.55. The number of hydrogen-bond acceptors (Lipinski definition) is 3. The standard InChI is InChI=1S/C14H18ClN3Si/c1-10-5-7-11(8-6-10)17-14-16-9-12(13(15)18-14)19(2,3)4/h5-9H,1-4H3,(H,16,17,18). The molecule has 1 N–H and O–H groups in total. The highest BCUT2D eigenvalue weighted by molar-refractivity contribution is 6.90. The van der Waals surface area contributed by atoms with Crippen LogP contribution in [0.2, 0.25) is 24.8 Å². The second kappa shape index (κ2) is 5.31. The van der Waals surface area contributed by atoms with Crippen molar-refractivity contribution in [3.05, 3.63) is 41.2 Å². The summed E-state index contributed by atoms with van der Waals surface area (Å²) in [4.78, 5) is 8.69. The van der Waals surface area contributed by atoms with E-state index in [1.807, 2.05) is 30.5 Å². The molecule has 0 fully saturated rings. The SMILES string of the molecule is Cc1ccc(Nc2ncc([Si](C)(C)C)c(Cl)n2)cc1. The van der Waals surface area contributed by atoms with Crippen molar-refractivity contribution in [2.24, 2.45) is 0 Å². The Bertz CT molecular complexity index is 576. The molecular weight excluding hydrogens is 274 g/mol. The van der Waals surface area contributed by atoms with Crippen molar-refractivity contribution in [1.82, 2.24) is 9.97 Å². The van der Waals surface area contributed by atoms with Gasteiger partial charge in [-0.3, -0.25) is 0 Å². The van der Waals surface area contributed by atoms with E-state index in [1.165, 1.54) is 5.56 Å². The maximum atomic E-state index is 6.25. The minimum Gasteiger partial charge on any atom is -0.324 e. The molecule has 100 valence electrons. The Balaban J connectivity index is 2.23. The molecule has 0 saturated carbocycles. The van der Waals surface area contributed by atoms with Gasteiger partial charge in [-0.1, -0.05) is 48.9 Å². The van der Waals surface area contributed by atoms with E-state index < -0.39 is 8.07 Å². The molecule has 1 aromatic carbocycles. The maximum absolute atomic E-state index is 6.25. The van der Waals surface area contributed by atoms with Gasteiger partial charge in [-0.2, -0.15) is 0 Å². The Morgan fingerprint density at radius 3 is 2.26 bits per heavy atom. The first-order valence-electron chi connectivity index (χ1n) is 6.23. The van der Waals surface area contributed by atoms with Gasteiger partial charge in [-0.15, -0.1) is 0 Å². The van der Waals surface area contributed by atoms with E-state index in [2.05, 4.69) is 41.8 Å². The molecule has 0 aliphatic heterocycles. The Hall–Kier alpha value is -1.39. The van der Waals surface area contributed by atoms with E-state index in [1.54, 1.807) is 0 Å². The van der Waals surface area contributed by atoms with Crippen molar-refractivity contribution >= 4 is 36.5 Å². The highest BCUT2D eigenvalue weighted by atomic mass is 35.5. The molecule has 2 rings (SSSR count). The summed E-state index contributed by atoms with van der Waals surface area (Å²) in [6.45, 7) is 8.74. The number of halogens is 1. The van der Waals surface area contributed by atoms with Gasteiger partial charge in [0.25, 0.3) is 0 Å². The molecule has 19 heavy (non-hydrogen) atoms. The first-order chi connectivity index (χ1) is 8.86. The fourth-order valence-electron chi connectivity index (χ4n) is 1.69. The van der Waals surface area contributed by atoms with Gasteiger partial charge in [0.2, 0.25) is 5.95 Å². The number of hydrogen-bond donors (Lipinski definition) is 1. The van der Waals surface area contributed by atoms with Gasteiger partial charge in [-0.05, 0) is 24.2 Å². The Morgan fingerprint density at radius 1 is 1.11 bits per heavy atom. The van der Waals surface area contributed by atoms with Crippen molar-refractivity contribution in [2.75, 3.05) is 5.32 Å². The first-order valence-corrected chi connectivity index (χ1v) is 10.1. The molecule has 0 bridgehead atoms. The lowest BCUT2D eigenvalue weighted by Crippen LogP contribution is -2.39. The van der Waals surface area contributed by atoms with Gasteiger partial charge in [0.15, 0.2) is 0 Å². The number of aromatic nitrogens is 2. The maximum Gasteiger partial charge on any atom is 0.228 e. The van der Waals surface area contributed by atoms with E-state index in [0.29, 0.717) is 11.1 Å². The van der Waals surface area contributed by atoms with Crippen LogP contribution in [0.25, 0.3) is 0 Å². The fourth-order valence-corrected chi connectivity index (χ4v) is 3.80.